The third-order valence-electron chi connectivity index (χ3n) is 2.25. The van der Waals surface area contributed by atoms with Gasteiger partial charge in [0.2, 0.25) is 0 Å². The highest BCUT2D eigenvalue weighted by molar-refractivity contribution is 5.86. The molecule has 3 nitrogen and oxygen atoms in total. The summed E-state index contributed by atoms with van der Waals surface area (Å²) in [6.45, 7) is 5.43. The molecular weight excluding hydrogens is 272 g/mol. The maximum absolute atomic E-state index is 11.9. The Hall–Kier alpha value is 0.460. The highest BCUT2D eigenvalue weighted by atomic mass is 35.5. The Morgan fingerprint density at radius 2 is 1.38 bits per heavy atom. The van der Waals surface area contributed by atoms with Gasteiger partial charge in [-0.25, -0.2) is 0 Å². The lowest BCUT2D eigenvalue weighted by Gasteiger charge is -2.41. The quantitative estimate of drug-likeness (QED) is 0.391. The molecule has 6 heteroatoms. The van der Waals surface area contributed by atoms with Crippen LogP contribution in [0.3, 0.4) is 0 Å². The number of carbonyl (C=O) groups excluding carboxylic acids is 1. The summed E-state index contributed by atoms with van der Waals surface area (Å²) in [5, 5.41) is 11.9. The molecule has 0 fully saturated rings. The monoisotopic (exact) mass is 295 g/mol. The van der Waals surface area contributed by atoms with Crippen molar-refractivity contribution in [2.75, 3.05) is 19.6 Å². The summed E-state index contributed by atoms with van der Waals surface area (Å²) in [5.74, 6) is 0. The van der Waals surface area contributed by atoms with E-state index in [1.54, 1.807) is 0 Å². The second-order valence-electron chi connectivity index (χ2n) is 3.56. The number of aldehydes is 1. The lowest BCUT2D eigenvalue weighted by Crippen LogP contribution is -2.45. The Morgan fingerprint density at radius 3 is 1.62 bits per heavy atom. The number of quaternary nitrogens is 1. The first-order chi connectivity index (χ1) is 6.18. The Morgan fingerprint density at radius 1 is 1.00 bits per heavy atom. The number of hydrogen-bond acceptors (Lipinski definition) is 2. The molecule has 0 aliphatic carbocycles. The van der Waals surface area contributed by atoms with E-state index < -0.39 is 0 Å². The van der Waals surface area contributed by atoms with Crippen molar-refractivity contribution in [3.63, 3.8) is 0 Å². The molecule has 0 aromatic rings. The normalized spacial score (nSPS) is 9.44. The maximum Gasteiger partial charge on any atom is 0.174 e. The Balaban J connectivity index is -0.000000240. The fourth-order valence-corrected chi connectivity index (χ4v) is 1.32. The summed E-state index contributed by atoms with van der Waals surface area (Å²) in [5.41, 5.74) is 0. The molecule has 0 aliphatic rings. The average molecular weight is 297 g/mol. The summed E-state index contributed by atoms with van der Waals surface area (Å²) in [6, 6.07) is 0. The topological polar surface area (TPSA) is 40.1 Å². The second kappa shape index (κ2) is 15.5. The zero-order valence-electron chi connectivity index (χ0n) is 10.0. The molecule has 0 spiro atoms. The molecule has 0 bridgehead atoms. The minimum atomic E-state index is -0.314. The molecule has 0 amide bonds. The molecule has 0 saturated carbocycles. The SMILES string of the molecule is CCCC[N+]([O-])(CC=O)CCCC.Cl.Cl.Cl. The van der Waals surface area contributed by atoms with Crippen LogP contribution in [0.1, 0.15) is 39.5 Å². The van der Waals surface area contributed by atoms with Crippen molar-refractivity contribution in [2.24, 2.45) is 0 Å². The highest BCUT2D eigenvalue weighted by Gasteiger charge is 2.14. The first kappa shape index (κ1) is 25.3. The molecule has 0 atom stereocenters. The lowest BCUT2D eigenvalue weighted by atomic mass is 10.2. The Kier molecular flexibility index (Phi) is 24.5. The van der Waals surface area contributed by atoms with Crippen molar-refractivity contribution in [3.8, 4) is 0 Å². The smallest absolute Gasteiger partial charge is 0.174 e. The number of carbonyl (C=O) groups is 1. The number of rotatable bonds is 8. The van der Waals surface area contributed by atoms with E-state index in [1.807, 2.05) is 0 Å². The molecular formula is C10H24Cl3NO2. The van der Waals surface area contributed by atoms with Crippen LogP contribution in [-0.4, -0.2) is 30.6 Å². The van der Waals surface area contributed by atoms with Gasteiger partial charge in [0.15, 0.2) is 6.29 Å². The number of nitrogens with zero attached hydrogens (tertiary/aromatic N) is 1. The molecule has 0 N–H and O–H groups in total. The van der Waals surface area contributed by atoms with Crippen LogP contribution in [0.2, 0.25) is 0 Å². The second-order valence-corrected chi connectivity index (χ2v) is 3.56. The van der Waals surface area contributed by atoms with Crippen LogP contribution < -0.4 is 0 Å². The molecule has 0 rings (SSSR count). The first-order valence-electron chi connectivity index (χ1n) is 5.19. The predicted octanol–water partition coefficient (Wildman–Crippen LogP) is 3.37. The standard InChI is InChI=1S/C10H21NO2.3ClH/c1-3-5-7-11(13,9-10-12)8-6-4-2;;;/h10H,3-9H2,1-2H3;3*1H. The van der Waals surface area contributed by atoms with Crippen LogP contribution in [-0.2, 0) is 4.79 Å². The molecule has 0 unspecified atom stereocenters. The minimum Gasteiger partial charge on any atom is -0.632 e. The summed E-state index contributed by atoms with van der Waals surface area (Å²) in [7, 11) is 0. The van der Waals surface area contributed by atoms with Gasteiger partial charge in [0, 0.05) is 0 Å². The van der Waals surface area contributed by atoms with Gasteiger partial charge in [-0.05, 0) is 12.8 Å². The zero-order chi connectivity index (χ0) is 10.2. The fourth-order valence-electron chi connectivity index (χ4n) is 1.32. The zero-order valence-corrected chi connectivity index (χ0v) is 12.5. The van der Waals surface area contributed by atoms with Crippen LogP contribution in [0.15, 0.2) is 0 Å². The van der Waals surface area contributed by atoms with Gasteiger partial charge in [0.25, 0.3) is 0 Å². The molecule has 16 heavy (non-hydrogen) atoms. The van der Waals surface area contributed by atoms with E-state index in [-0.39, 0.29) is 48.4 Å². The molecule has 0 aliphatic heterocycles. The van der Waals surface area contributed by atoms with Crippen molar-refractivity contribution < 1.29 is 9.44 Å². The third-order valence-corrected chi connectivity index (χ3v) is 2.25. The van der Waals surface area contributed by atoms with Crippen LogP contribution in [0.4, 0.5) is 0 Å². The van der Waals surface area contributed by atoms with Gasteiger partial charge in [-0.15, -0.1) is 37.2 Å². The number of unbranched alkanes of at least 4 members (excludes halogenated alkanes) is 2. The van der Waals surface area contributed by atoms with Crippen molar-refractivity contribution in [2.45, 2.75) is 39.5 Å². The van der Waals surface area contributed by atoms with E-state index in [0.29, 0.717) is 13.1 Å². The van der Waals surface area contributed by atoms with Crippen LogP contribution in [0, 0.1) is 5.21 Å². The van der Waals surface area contributed by atoms with Crippen molar-refractivity contribution in [1.82, 2.24) is 0 Å². The van der Waals surface area contributed by atoms with Gasteiger partial charge in [-0.3, -0.25) is 4.79 Å². The van der Waals surface area contributed by atoms with Crippen molar-refractivity contribution in [1.29, 1.82) is 0 Å². The Bertz CT molecular complexity index is 140. The van der Waals surface area contributed by atoms with Crippen LogP contribution in [0.5, 0.6) is 0 Å². The van der Waals surface area contributed by atoms with Gasteiger partial charge < -0.3 is 9.85 Å². The highest BCUT2D eigenvalue weighted by Crippen LogP contribution is 2.08. The third kappa shape index (κ3) is 12.5. The summed E-state index contributed by atoms with van der Waals surface area (Å²) in [4.78, 5) is 10.3. The molecule has 0 radical (unpaired) electrons. The molecule has 0 heterocycles. The van der Waals surface area contributed by atoms with Gasteiger partial charge in [-0.1, -0.05) is 26.7 Å². The average Bonchev–Trinajstić information content (AvgIpc) is 2.12. The largest absolute Gasteiger partial charge is 0.632 e. The van der Waals surface area contributed by atoms with E-state index in [0.717, 1.165) is 32.0 Å². The fraction of sp³-hybridized carbons (Fsp3) is 0.900. The van der Waals surface area contributed by atoms with E-state index in [9.17, 15) is 10.0 Å². The summed E-state index contributed by atoms with van der Waals surface area (Å²) in [6.07, 6.45) is 4.63. The van der Waals surface area contributed by atoms with E-state index in [2.05, 4.69) is 13.8 Å². The van der Waals surface area contributed by atoms with Gasteiger partial charge in [-0.2, -0.15) is 0 Å². The minimum absolute atomic E-state index is 0. The van der Waals surface area contributed by atoms with Gasteiger partial charge in [0.05, 0.1) is 13.1 Å². The van der Waals surface area contributed by atoms with Gasteiger partial charge in [0.1, 0.15) is 6.54 Å². The van der Waals surface area contributed by atoms with Gasteiger partial charge >= 0.3 is 0 Å². The van der Waals surface area contributed by atoms with Crippen LogP contribution in [0.25, 0.3) is 0 Å². The van der Waals surface area contributed by atoms with Crippen molar-refractivity contribution in [3.05, 3.63) is 5.21 Å². The molecule has 0 aromatic carbocycles. The van der Waals surface area contributed by atoms with E-state index in [4.69, 9.17) is 0 Å². The van der Waals surface area contributed by atoms with Crippen LogP contribution >= 0.6 is 37.2 Å². The molecule has 102 valence electrons. The number of hydrogen-bond donors (Lipinski definition) is 0. The maximum atomic E-state index is 11.9. The summed E-state index contributed by atoms with van der Waals surface area (Å²) >= 11 is 0. The predicted molar refractivity (Wildman–Crippen MR) is 75.9 cm³/mol. The Labute approximate surface area is 117 Å². The van der Waals surface area contributed by atoms with Crippen molar-refractivity contribution >= 4 is 43.5 Å². The first-order valence-corrected chi connectivity index (χ1v) is 5.19. The number of halogens is 3. The molecule has 0 aromatic heterocycles. The van der Waals surface area contributed by atoms with E-state index >= 15 is 0 Å². The number of hydroxylamine groups is 3. The lowest BCUT2D eigenvalue weighted by molar-refractivity contribution is -0.872. The molecule has 0 saturated heterocycles. The summed E-state index contributed by atoms with van der Waals surface area (Å²) < 4.78 is -0.314. The van der Waals surface area contributed by atoms with E-state index in [1.165, 1.54) is 0 Å².